The lowest BCUT2D eigenvalue weighted by Crippen LogP contribution is -2.12. The first-order valence-electron chi connectivity index (χ1n) is 5.14. The van der Waals surface area contributed by atoms with Gasteiger partial charge in [0.2, 0.25) is 0 Å². The molecule has 104 valence electrons. The predicted molar refractivity (Wildman–Crippen MR) is 68.9 cm³/mol. The highest BCUT2D eigenvalue weighted by molar-refractivity contribution is 14.1. The maximum absolute atomic E-state index is 12.6. The average molecular weight is 386 g/mol. The fraction of sp³-hybridized carbons (Fsp3) is 0.400. The highest BCUT2D eigenvalue weighted by atomic mass is 127. The maximum atomic E-state index is 12.6. The predicted octanol–water partition coefficient (Wildman–Crippen LogP) is 2.64. The van der Waals surface area contributed by atoms with Crippen LogP contribution in [0.4, 0.5) is 14.5 Å². The van der Waals surface area contributed by atoms with E-state index in [0.717, 1.165) is 6.07 Å². The molecule has 1 aromatic rings. The number of rotatable bonds is 5. The second kappa shape index (κ2) is 6.68. The molecule has 0 fully saturated rings. The summed E-state index contributed by atoms with van der Waals surface area (Å²) in [7, 11) is 0. The number of ether oxygens (including phenoxy) is 1. The van der Waals surface area contributed by atoms with Crippen LogP contribution in [0.1, 0.15) is 24.6 Å². The molecular formula is C10H9F2IN2O4. The zero-order chi connectivity index (χ0) is 14.6. The van der Waals surface area contributed by atoms with Crippen LogP contribution >= 0.6 is 22.6 Å². The molecule has 0 spiro atoms. The molecule has 19 heavy (non-hydrogen) atoms. The molecule has 9 heteroatoms. The summed E-state index contributed by atoms with van der Waals surface area (Å²) in [6, 6.07) is 0.744. The molecule has 0 aliphatic carbocycles. The molecule has 0 aliphatic rings. The highest BCUT2D eigenvalue weighted by Crippen LogP contribution is 2.29. The van der Waals surface area contributed by atoms with Crippen LogP contribution in [0.5, 0.6) is 0 Å². The van der Waals surface area contributed by atoms with Gasteiger partial charge in [0.25, 0.3) is 12.1 Å². The van der Waals surface area contributed by atoms with E-state index in [2.05, 4.69) is 9.72 Å². The number of hydrogen-bond donors (Lipinski definition) is 0. The second-order valence-electron chi connectivity index (χ2n) is 3.37. The highest BCUT2D eigenvalue weighted by Gasteiger charge is 2.24. The Bertz CT molecular complexity index is 511. The first-order valence-corrected chi connectivity index (χ1v) is 6.22. The van der Waals surface area contributed by atoms with Gasteiger partial charge in [-0.05, 0) is 29.5 Å². The number of carbonyl (C=O) groups excluding carboxylic acids is 1. The lowest BCUT2D eigenvalue weighted by atomic mass is 10.2. The number of nitrogens with zero attached hydrogens (tertiary/aromatic N) is 2. The Morgan fingerprint density at radius 3 is 2.74 bits per heavy atom. The number of esters is 1. The van der Waals surface area contributed by atoms with Crippen LogP contribution < -0.4 is 0 Å². The third-order valence-corrected chi connectivity index (χ3v) is 2.97. The summed E-state index contributed by atoms with van der Waals surface area (Å²) in [4.78, 5) is 25.0. The summed E-state index contributed by atoms with van der Waals surface area (Å²) in [5.74, 6) is -0.696. The molecule has 6 nitrogen and oxygen atoms in total. The zero-order valence-corrected chi connectivity index (χ0v) is 11.9. The number of hydrogen-bond acceptors (Lipinski definition) is 5. The smallest absolute Gasteiger partial charge is 0.312 e. The molecule has 0 saturated carbocycles. The molecule has 1 rings (SSSR count). The number of pyridine rings is 1. The monoisotopic (exact) mass is 386 g/mol. The molecule has 0 unspecified atom stereocenters. The topological polar surface area (TPSA) is 82.3 Å². The number of aromatic nitrogens is 1. The van der Waals surface area contributed by atoms with Crippen LogP contribution in [-0.2, 0) is 16.0 Å². The minimum absolute atomic E-state index is 0.0718. The molecule has 0 radical (unpaired) electrons. The van der Waals surface area contributed by atoms with Gasteiger partial charge in [0.05, 0.1) is 23.5 Å². The number of alkyl halides is 2. The Morgan fingerprint density at radius 1 is 1.63 bits per heavy atom. The average Bonchev–Trinajstić information content (AvgIpc) is 2.28. The van der Waals surface area contributed by atoms with E-state index in [1.165, 1.54) is 0 Å². The molecule has 0 amide bonds. The van der Waals surface area contributed by atoms with E-state index in [1.807, 2.05) is 0 Å². The molecule has 1 aromatic heterocycles. The van der Waals surface area contributed by atoms with E-state index in [0.29, 0.717) is 0 Å². The van der Waals surface area contributed by atoms with Crippen molar-refractivity contribution in [2.45, 2.75) is 19.8 Å². The number of carbonyl (C=O) groups is 1. The molecule has 0 atom stereocenters. The van der Waals surface area contributed by atoms with Crippen molar-refractivity contribution in [3.05, 3.63) is 31.1 Å². The Morgan fingerprint density at radius 2 is 2.26 bits per heavy atom. The summed E-state index contributed by atoms with van der Waals surface area (Å²) < 4.78 is 29.8. The van der Waals surface area contributed by atoms with E-state index in [9.17, 15) is 23.7 Å². The van der Waals surface area contributed by atoms with Gasteiger partial charge in [0.15, 0.2) is 0 Å². The molecule has 0 aliphatic heterocycles. The lowest BCUT2D eigenvalue weighted by Gasteiger charge is -2.07. The van der Waals surface area contributed by atoms with Crippen LogP contribution in [0.2, 0.25) is 0 Å². The van der Waals surface area contributed by atoms with Gasteiger partial charge >= 0.3 is 5.97 Å². The Hall–Kier alpha value is -1.39. The molecule has 0 bridgehead atoms. The standard InChI is InChI=1S/C10H9F2IN2O4/c1-2-19-8(16)4-6-7(15(17)18)3-5(9(11)12)10(13)14-6/h3,9H,2,4H2,1H3. The summed E-state index contributed by atoms with van der Waals surface area (Å²) in [5.41, 5.74) is -1.32. The van der Waals surface area contributed by atoms with Crippen molar-refractivity contribution >= 4 is 34.2 Å². The van der Waals surface area contributed by atoms with Crippen molar-refractivity contribution in [3.8, 4) is 0 Å². The minimum atomic E-state index is -2.87. The van der Waals surface area contributed by atoms with Gasteiger partial charge in [-0.25, -0.2) is 13.8 Å². The quantitative estimate of drug-likeness (QED) is 0.256. The van der Waals surface area contributed by atoms with Gasteiger partial charge in [0, 0.05) is 6.07 Å². The van der Waals surface area contributed by atoms with E-state index in [-0.39, 0.29) is 16.0 Å². The van der Waals surface area contributed by atoms with Crippen LogP contribution in [0.25, 0.3) is 0 Å². The lowest BCUT2D eigenvalue weighted by molar-refractivity contribution is -0.386. The van der Waals surface area contributed by atoms with E-state index >= 15 is 0 Å². The summed E-state index contributed by atoms with van der Waals surface area (Å²) >= 11 is 1.54. The van der Waals surface area contributed by atoms with Crippen molar-refractivity contribution in [3.63, 3.8) is 0 Å². The van der Waals surface area contributed by atoms with Crippen LogP contribution in [0.3, 0.4) is 0 Å². The third-order valence-electron chi connectivity index (χ3n) is 2.11. The zero-order valence-electron chi connectivity index (χ0n) is 9.73. The molecular weight excluding hydrogens is 377 g/mol. The van der Waals surface area contributed by atoms with Gasteiger partial charge < -0.3 is 4.74 Å². The Labute approximate surface area is 120 Å². The SMILES string of the molecule is CCOC(=O)Cc1nc(I)c(C(F)F)cc1[N+](=O)[O-]. The molecule has 0 N–H and O–H groups in total. The summed E-state index contributed by atoms with van der Waals surface area (Å²) in [6.07, 6.45) is -3.29. The van der Waals surface area contributed by atoms with Crippen molar-refractivity contribution < 1.29 is 23.2 Å². The second-order valence-corrected chi connectivity index (χ2v) is 4.40. The van der Waals surface area contributed by atoms with Gasteiger partial charge in [0.1, 0.15) is 9.39 Å². The molecule has 0 aromatic carbocycles. The van der Waals surface area contributed by atoms with Crippen LogP contribution in [0, 0.1) is 13.8 Å². The summed E-state index contributed by atoms with van der Waals surface area (Å²) in [5, 5.41) is 10.8. The number of nitro groups is 1. The van der Waals surface area contributed by atoms with Crippen molar-refractivity contribution in [2.24, 2.45) is 0 Å². The third kappa shape index (κ3) is 4.04. The van der Waals surface area contributed by atoms with E-state index in [4.69, 9.17) is 0 Å². The Balaban J connectivity index is 3.20. The normalized spacial score (nSPS) is 10.6. The van der Waals surface area contributed by atoms with E-state index in [1.54, 1.807) is 29.5 Å². The largest absolute Gasteiger partial charge is 0.466 e. The van der Waals surface area contributed by atoms with Crippen molar-refractivity contribution in [1.82, 2.24) is 4.98 Å². The molecule has 0 saturated heterocycles. The first-order chi connectivity index (χ1) is 8.86. The Kier molecular flexibility index (Phi) is 5.51. The van der Waals surface area contributed by atoms with Crippen LogP contribution in [0.15, 0.2) is 6.07 Å². The van der Waals surface area contributed by atoms with Crippen LogP contribution in [-0.4, -0.2) is 22.5 Å². The number of halogens is 3. The van der Waals surface area contributed by atoms with Crippen molar-refractivity contribution in [1.29, 1.82) is 0 Å². The maximum Gasteiger partial charge on any atom is 0.312 e. The van der Waals surface area contributed by atoms with Gasteiger partial charge in [-0.1, -0.05) is 0 Å². The van der Waals surface area contributed by atoms with Gasteiger partial charge in [-0.3, -0.25) is 14.9 Å². The fourth-order valence-corrected chi connectivity index (χ4v) is 2.00. The summed E-state index contributed by atoms with van der Waals surface area (Å²) in [6.45, 7) is 1.71. The minimum Gasteiger partial charge on any atom is -0.466 e. The first kappa shape index (κ1) is 15.7. The van der Waals surface area contributed by atoms with Gasteiger partial charge in [-0.15, -0.1) is 0 Å². The van der Waals surface area contributed by atoms with Crippen molar-refractivity contribution in [2.75, 3.05) is 6.61 Å². The van der Waals surface area contributed by atoms with Gasteiger partial charge in [-0.2, -0.15) is 0 Å². The fourth-order valence-electron chi connectivity index (χ4n) is 1.32. The van der Waals surface area contributed by atoms with E-state index < -0.39 is 35.0 Å². The molecule has 1 heterocycles.